The Labute approximate surface area is 743 Å². The Hall–Kier alpha value is -11.9. The number of Topliss-reactive ketones (excluding diaryl/α,β-unsaturated/α-hetero) is 4. The van der Waals surface area contributed by atoms with Crippen molar-refractivity contribution in [2.75, 3.05) is 40.2 Å². The number of carbonyl (C=O) groups is 8. The third-order valence-corrected chi connectivity index (χ3v) is 26.1. The number of anilines is 8. The van der Waals surface area contributed by atoms with Crippen molar-refractivity contribution in [2.24, 2.45) is 0 Å². The maximum Gasteiger partial charge on any atom is 0.267 e. The minimum absolute atomic E-state index is 0.0185. The highest BCUT2D eigenvalue weighted by atomic mass is 32.2. The fourth-order valence-corrected chi connectivity index (χ4v) is 19.9. The molecule has 12 aromatic rings. The van der Waals surface area contributed by atoms with Gasteiger partial charge in [-0.2, -0.15) is 0 Å². The Morgan fingerprint density at radius 1 is 0.325 bits per heavy atom. The third-order valence-electron chi connectivity index (χ3n) is 16.4. The van der Waals surface area contributed by atoms with Crippen LogP contribution in [0.2, 0.25) is 0 Å². The number of rotatable bonds is 24. The molecular formula is C80H84N12O20S8. The molecule has 0 unspecified atom stereocenters. The summed E-state index contributed by atoms with van der Waals surface area (Å²) in [4.78, 5) is 98.4. The first-order valence-corrected chi connectivity index (χ1v) is 43.3. The number of nitrogens with one attached hydrogen (secondary N) is 8. The molecule has 0 aliphatic heterocycles. The fourth-order valence-electron chi connectivity index (χ4n) is 10.5. The summed E-state index contributed by atoms with van der Waals surface area (Å²) >= 11 is 3.04. The van der Waals surface area contributed by atoms with Crippen molar-refractivity contribution in [2.45, 2.75) is 158 Å². The second-order valence-electron chi connectivity index (χ2n) is 25.4. The molecule has 0 bridgehead atoms. The number of hydrogen-bond donors (Lipinski definition) is 8. The van der Waals surface area contributed by atoms with E-state index in [9.17, 15) is 72.0 Å². The van der Waals surface area contributed by atoms with Gasteiger partial charge in [0.25, 0.3) is 63.7 Å². The highest BCUT2D eigenvalue weighted by molar-refractivity contribution is 7.94. The van der Waals surface area contributed by atoms with Crippen LogP contribution in [-0.2, 0) is 40.1 Å². The molecule has 12 rings (SSSR count). The fraction of sp³-hybridized carbons (Fsp3) is 0.250. The number of carbonyl (C=O) groups excluding carboxylic acids is 8. The van der Waals surface area contributed by atoms with Gasteiger partial charge in [-0.25, -0.2) is 52.6 Å². The predicted octanol–water partition coefficient (Wildman–Crippen LogP) is 16.9. The summed E-state index contributed by atoms with van der Waals surface area (Å²) in [5, 5.41) is 28.7. The number of benzene rings is 4. The highest BCUT2D eigenvalue weighted by Crippen LogP contribution is 2.36. The Morgan fingerprint density at radius 2 is 0.583 bits per heavy atom. The summed E-state index contributed by atoms with van der Waals surface area (Å²) in [6.45, 7) is 2.01. The number of aryl methyl sites for hydroxylation is 5. The molecule has 0 saturated carbocycles. The van der Waals surface area contributed by atoms with Crippen LogP contribution in [-0.4, -0.2) is 101 Å². The van der Waals surface area contributed by atoms with Gasteiger partial charge in [0.15, 0.2) is 23.1 Å². The van der Waals surface area contributed by atoms with E-state index in [-0.39, 0.29) is 129 Å². The van der Waals surface area contributed by atoms with E-state index in [2.05, 4.69) is 51.3 Å². The summed E-state index contributed by atoms with van der Waals surface area (Å²) in [5.74, 6) is -8.25. The van der Waals surface area contributed by atoms with Gasteiger partial charge in [0.2, 0.25) is 23.5 Å². The molecule has 120 heavy (non-hydrogen) atoms. The van der Waals surface area contributed by atoms with Crippen LogP contribution in [0.25, 0.3) is 0 Å². The quantitative estimate of drug-likeness (QED) is 0.0260. The predicted molar refractivity (Wildman–Crippen MR) is 460 cm³/mol. The van der Waals surface area contributed by atoms with E-state index >= 15 is 0 Å². The number of thiophene rings is 4. The lowest BCUT2D eigenvalue weighted by Gasteiger charge is -2.14. The van der Waals surface area contributed by atoms with Crippen molar-refractivity contribution in [3.63, 3.8) is 0 Å². The molecule has 32 nitrogen and oxygen atoms in total. The molecule has 0 atom stereocenters. The number of hydrogen-bond acceptors (Lipinski definition) is 28. The van der Waals surface area contributed by atoms with Gasteiger partial charge in [0.05, 0.1) is 55.1 Å². The molecule has 632 valence electrons. The molecule has 0 aliphatic rings. The first-order chi connectivity index (χ1) is 66.3. The molecule has 0 fully saturated rings. The summed E-state index contributed by atoms with van der Waals surface area (Å²) in [7, 11) is -18.0. The van der Waals surface area contributed by atoms with Crippen LogP contribution in [0.15, 0.2) is 132 Å². The van der Waals surface area contributed by atoms with Crippen molar-refractivity contribution in [3.8, 4) is 0 Å². The molecule has 8 aromatic heterocycles. The minimum atomic E-state index is -4.91. The van der Waals surface area contributed by atoms with Crippen LogP contribution in [0, 0.1) is 110 Å². The van der Waals surface area contributed by atoms with Crippen LogP contribution in [0.1, 0.15) is 232 Å². The van der Waals surface area contributed by atoms with Crippen molar-refractivity contribution >= 4 is 178 Å². The van der Waals surface area contributed by atoms with Gasteiger partial charge in [0.1, 0.15) is 39.1 Å². The van der Waals surface area contributed by atoms with Gasteiger partial charge < -0.3 is 39.4 Å². The first kappa shape index (κ1) is 62.3. The lowest BCUT2D eigenvalue weighted by atomic mass is 10.0. The van der Waals surface area contributed by atoms with Crippen LogP contribution >= 0.6 is 45.3 Å². The molecule has 8 heterocycles. The Kier molecular flexibility index (Phi) is 19.3. The molecule has 0 spiro atoms. The summed E-state index contributed by atoms with van der Waals surface area (Å²) < 4.78 is 326. The molecule has 0 aliphatic carbocycles. The van der Waals surface area contributed by atoms with E-state index in [1.807, 2.05) is 4.72 Å². The standard InChI is InChI=1S/4C20H21N3O5S2/c4*1-10-8-11(2)17(15(9-10)14(5)24)21-19(25)18-16(6-7-29-18)30(26,27)23-20-12(3)13(4)22-28-20/h4*6-9,23H,1-5H3,(H,21,25)/i1D3,2D3,3D3,4D3,8D;4D3,8D,9D;3D3,8D,9D;8D,9D. The number of aromatic nitrogens is 4. The molecular weight excluding hydrogens is 1710 g/mol. The van der Waals surface area contributed by atoms with E-state index < -0.39 is 216 Å². The van der Waals surface area contributed by atoms with Crippen LogP contribution in [0.3, 0.4) is 0 Å². The SMILES string of the molecule is [2H]c1c(C([2H])([2H])[2H])cc(C(C)=O)c(NC(=O)c2sccc2S(=O)(=O)Nc2onc(C([2H])([2H])[2H])c2C([2H])([2H])[2H])c1C([2H])([2H])[2H].[2H]c1c(C)c([2H])c(C(C)=O)c(NC(=O)c2sccc2S(=O)(=O)Nc2onc(C([2H])([2H])[2H])c2C)c1C.[2H]c1c(C)c([2H])c(C(C)=O)c(NC(=O)c2sccc2S(=O)(=O)Nc2onc(C)c2C([2H])([2H])[2H])c1C.[2H]c1c(C)c([2H])c(C(C)=O)c(NC(=O)c2sccc2S(=O)(=O)Nc2onc(C)c2C)c1C. The Bertz CT molecular complexity index is 7770. The molecule has 8 N–H and O–H groups in total. The minimum Gasteiger partial charge on any atom is -0.337 e. The average Bonchev–Trinajstić information content (AvgIpc) is 1.36. The van der Waals surface area contributed by atoms with Crippen molar-refractivity contribution < 1.29 is 124 Å². The Balaban J connectivity index is 0.000000216. The maximum absolute atomic E-state index is 13.3. The summed E-state index contributed by atoms with van der Waals surface area (Å²) in [6, 6.07) is 3.69. The maximum atomic E-state index is 13.3. The number of amides is 4. The van der Waals surface area contributed by atoms with Crippen molar-refractivity contribution in [1.82, 2.24) is 20.6 Å². The monoisotopic (exact) mass is 1810 g/mol. The summed E-state index contributed by atoms with van der Waals surface area (Å²) in [6.07, 6.45) is 0. The van der Waals surface area contributed by atoms with Gasteiger partial charge in [-0.05, 0) is 253 Å². The van der Waals surface area contributed by atoms with Crippen molar-refractivity contribution in [3.05, 3.63) is 225 Å². The number of sulfonamides is 4. The zero-order chi connectivity index (χ0) is 110. The molecule has 40 heteroatoms. The van der Waals surface area contributed by atoms with Gasteiger partial charge in [-0.3, -0.25) is 38.4 Å². The molecule has 0 radical (unpaired) electrons. The summed E-state index contributed by atoms with van der Waals surface area (Å²) in [5.41, 5.74) is -3.53. The molecule has 4 aromatic carbocycles. The van der Waals surface area contributed by atoms with E-state index in [4.69, 9.17) is 52.4 Å². The van der Waals surface area contributed by atoms with Gasteiger partial charge >= 0.3 is 0 Å². The average molecular weight is 1820 g/mol. The van der Waals surface area contributed by atoms with E-state index in [0.29, 0.717) is 33.7 Å². The lowest BCUT2D eigenvalue weighted by molar-refractivity contribution is 0.100. The van der Waals surface area contributed by atoms with E-state index in [1.165, 1.54) is 90.6 Å². The van der Waals surface area contributed by atoms with E-state index in [0.717, 1.165) is 64.5 Å². The molecule has 0 saturated heterocycles. The largest absolute Gasteiger partial charge is 0.337 e. The second-order valence-corrected chi connectivity index (χ2v) is 35.7. The van der Waals surface area contributed by atoms with Crippen LogP contribution in [0.4, 0.5) is 46.3 Å². The second kappa shape index (κ2) is 37.2. The lowest BCUT2D eigenvalue weighted by Crippen LogP contribution is -2.20. The first-order valence-electron chi connectivity index (χ1n) is 46.4. The van der Waals surface area contributed by atoms with Crippen molar-refractivity contribution in [1.29, 1.82) is 0 Å². The van der Waals surface area contributed by atoms with Gasteiger partial charge in [0, 0.05) is 69.2 Å². The van der Waals surface area contributed by atoms with Gasteiger partial charge in [-0.1, -0.05) is 44.8 Å². The van der Waals surface area contributed by atoms with Crippen LogP contribution in [0.5, 0.6) is 0 Å². The smallest absolute Gasteiger partial charge is 0.267 e. The Morgan fingerprint density at radius 3 is 0.850 bits per heavy atom. The van der Waals surface area contributed by atoms with Crippen LogP contribution < -0.4 is 40.2 Å². The number of ketones is 4. The van der Waals surface area contributed by atoms with Gasteiger partial charge in [-0.15, -0.1) is 45.3 Å². The number of nitrogens with zero attached hydrogens (tertiary/aromatic N) is 4. The zero-order valence-electron chi connectivity index (χ0n) is 89.9. The van der Waals surface area contributed by atoms with E-state index in [1.54, 1.807) is 32.4 Å². The zero-order valence-corrected chi connectivity index (χ0v) is 71.4. The normalized spacial score (nSPS) is 15.0. The molecule has 4 amide bonds. The topological polar surface area (TPSA) is 473 Å². The third kappa shape index (κ3) is 21.0. The highest BCUT2D eigenvalue weighted by Gasteiger charge is 2.33.